The Kier molecular flexibility index (Phi) is 7.15. The van der Waals surface area contributed by atoms with E-state index >= 15 is 0 Å². The molecular formula is C22H25N9O11P2S2. The van der Waals surface area contributed by atoms with Crippen molar-refractivity contribution in [1.29, 1.82) is 0 Å². The summed E-state index contributed by atoms with van der Waals surface area (Å²) < 4.78 is 71.6. The fourth-order valence-corrected chi connectivity index (χ4v) is 9.14. The Hall–Kier alpha value is -2.59. The number of aromatic amines is 1. The lowest BCUT2D eigenvalue weighted by Gasteiger charge is -2.33. The van der Waals surface area contributed by atoms with Crippen LogP contribution in [0.2, 0.25) is 0 Å². The van der Waals surface area contributed by atoms with E-state index in [4.69, 9.17) is 43.8 Å². The number of pyridine rings is 1. The maximum absolute atomic E-state index is 13.7. The number of nitrogens with two attached hydrogens (primary N) is 2. The average molecular weight is 718 g/mol. The van der Waals surface area contributed by atoms with Crippen LogP contribution in [0.1, 0.15) is 12.5 Å². The van der Waals surface area contributed by atoms with Crippen molar-refractivity contribution < 1.29 is 46.5 Å². The Morgan fingerprint density at radius 2 is 1.74 bits per heavy atom. The predicted molar refractivity (Wildman–Crippen MR) is 162 cm³/mol. The van der Waals surface area contributed by atoms with Crippen LogP contribution in [-0.4, -0.2) is 95.1 Å². The zero-order chi connectivity index (χ0) is 32.2. The molecule has 0 saturated carbocycles. The van der Waals surface area contributed by atoms with Crippen molar-refractivity contribution in [2.24, 2.45) is 0 Å². The third-order valence-electron chi connectivity index (χ3n) is 8.19. The topological polar surface area (TPSA) is 265 Å². The summed E-state index contributed by atoms with van der Waals surface area (Å²) >= 11 is 8.35. The molecule has 8 rings (SSSR count). The summed E-state index contributed by atoms with van der Waals surface area (Å²) in [6.45, 7) is -9.63. The van der Waals surface area contributed by atoms with Gasteiger partial charge < -0.3 is 40.3 Å². The molecule has 4 saturated heterocycles. The van der Waals surface area contributed by atoms with Gasteiger partial charge in [0.2, 0.25) is 0 Å². The van der Waals surface area contributed by atoms with Crippen molar-refractivity contribution >= 4 is 71.9 Å². The normalized spacial score (nSPS) is 39.7. The number of rotatable bonds is 2. The second kappa shape index (κ2) is 10.7. The van der Waals surface area contributed by atoms with E-state index in [1.807, 2.05) is 0 Å². The highest BCUT2D eigenvalue weighted by Gasteiger charge is 2.66. The van der Waals surface area contributed by atoms with Gasteiger partial charge in [-0.15, -0.1) is 0 Å². The first-order chi connectivity index (χ1) is 21.8. The number of nitrogen functional groups attached to an aromatic ring is 2. The second-order valence-electron chi connectivity index (χ2n) is 11.0. The van der Waals surface area contributed by atoms with Crippen LogP contribution in [0, 0.1) is 0 Å². The molecule has 0 spiro atoms. The van der Waals surface area contributed by atoms with Gasteiger partial charge in [-0.25, -0.2) is 29.1 Å². The third kappa shape index (κ3) is 4.91. The lowest BCUT2D eigenvalue weighted by atomic mass is 10.0. The van der Waals surface area contributed by atoms with E-state index in [0.29, 0.717) is 11.2 Å². The lowest BCUT2D eigenvalue weighted by Crippen LogP contribution is -2.46. The number of thiol groups is 2. The van der Waals surface area contributed by atoms with Crippen LogP contribution in [0.5, 0.6) is 0 Å². The Morgan fingerprint density at radius 1 is 0.978 bits per heavy atom. The molecule has 46 heavy (non-hydrogen) atoms. The zero-order valence-corrected chi connectivity index (χ0v) is 26.7. The maximum Gasteiger partial charge on any atom is 0.386 e. The summed E-state index contributed by atoms with van der Waals surface area (Å²) in [4.78, 5) is 31.3. The van der Waals surface area contributed by atoms with Gasteiger partial charge >= 0.3 is 13.6 Å². The Morgan fingerprint density at radius 3 is 2.57 bits per heavy atom. The highest BCUT2D eigenvalue weighted by Crippen LogP contribution is 2.63. The van der Waals surface area contributed by atoms with E-state index in [9.17, 15) is 19.0 Å². The molecule has 4 aliphatic rings. The second-order valence-corrected chi connectivity index (χ2v) is 16.8. The number of nitrogens with zero attached hydrogens (tertiary/aromatic N) is 6. The zero-order valence-electron chi connectivity index (χ0n) is 23.1. The Bertz CT molecular complexity index is 2030. The quantitative estimate of drug-likeness (QED) is 0.122. The number of imidazole rings is 2. The molecule has 0 aliphatic carbocycles. The average Bonchev–Trinajstić information content (AvgIpc) is 3.80. The molecule has 246 valence electrons. The molecule has 4 fully saturated rings. The highest BCUT2D eigenvalue weighted by molar-refractivity contribution is 8.44. The Balaban J connectivity index is 1.10. The van der Waals surface area contributed by atoms with Crippen LogP contribution >= 0.6 is 38.1 Å². The molecule has 0 radical (unpaired) electrons. The van der Waals surface area contributed by atoms with Crippen molar-refractivity contribution in [1.82, 2.24) is 34.1 Å². The summed E-state index contributed by atoms with van der Waals surface area (Å²) in [7, 11) is 0. The highest BCUT2D eigenvalue weighted by atomic mass is 32.7. The van der Waals surface area contributed by atoms with Crippen LogP contribution < -0.4 is 17.0 Å². The number of aromatic nitrogens is 7. The number of H-pyrrole nitrogens is 1. The molecule has 8 heterocycles. The standard InChI is InChI=1S/C22H25N9O11P2S2/c23-10-1-8-11(19(33)29-10)27-6-30(8)20-13(32)14-9(39-20)2-37-43(34,45)42-16-15-21(31-7-28-12-17(24)25-5-26-18(12)31)40-22(16,3-36-15)4-38-44(35,46)41-14/h1,5-7,9,13-16,20-21,32H,2-4H2,(H,34,45)(H,35,46)(H3,23,29,33)(H2,24,25,26)/t9-,13-,14-,15-,16+,20-,21-,22-,43+,44-/m1/s1. The summed E-state index contributed by atoms with van der Waals surface area (Å²) in [6, 6.07) is 1.43. The smallest absolute Gasteiger partial charge is 0.386 e. The molecule has 4 aliphatic heterocycles. The monoisotopic (exact) mass is 717 g/mol. The predicted octanol–water partition coefficient (Wildman–Crippen LogP) is 0.547. The van der Waals surface area contributed by atoms with Crippen LogP contribution in [-0.2, 0) is 41.4 Å². The number of ether oxygens (including phenoxy) is 3. The van der Waals surface area contributed by atoms with Gasteiger partial charge in [0.25, 0.3) is 5.56 Å². The van der Waals surface area contributed by atoms with E-state index in [1.54, 1.807) is 4.57 Å². The number of nitrogens with one attached hydrogen (secondary N) is 1. The van der Waals surface area contributed by atoms with Crippen molar-refractivity contribution in [2.45, 2.75) is 48.6 Å². The molecule has 20 nitrogen and oxygen atoms in total. The molecule has 10 atom stereocenters. The van der Waals surface area contributed by atoms with Crippen LogP contribution in [0.25, 0.3) is 22.2 Å². The molecule has 0 amide bonds. The van der Waals surface area contributed by atoms with Gasteiger partial charge in [0.1, 0.15) is 53.8 Å². The van der Waals surface area contributed by atoms with Crippen LogP contribution in [0.15, 0.2) is 29.8 Å². The molecule has 2 bridgehead atoms. The molecule has 0 aromatic carbocycles. The fraction of sp³-hybridized carbons (Fsp3) is 0.500. The molecular weight excluding hydrogens is 692 g/mol. The van der Waals surface area contributed by atoms with E-state index in [-0.39, 0.29) is 29.3 Å². The largest absolute Gasteiger partial charge is 0.386 e. The first-order valence-electron chi connectivity index (χ1n) is 13.6. The van der Waals surface area contributed by atoms with E-state index in [2.05, 4.69) is 49.4 Å². The van der Waals surface area contributed by atoms with Gasteiger partial charge in [-0.2, -0.15) is 0 Å². The molecule has 6 N–H and O–H groups in total. The summed E-state index contributed by atoms with van der Waals surface area (Å²) in [5, 5.41) is 11.3. The number of hydrogen-bond acceptors (Lipinski definition) is 17. The summed E-state index contributed by atoms with van der Waals surface area (Å²) in [5.41, 5.74) is 10.6. The lowest BCUT2D eigenvalue weighted by molar-refractivity contribution is -0.183. The SMILES string of the molecule is Nc1cc2c(ncn2[C@@H]2O[C@@H]3CO[P@](=O)(S)O[C@H]4[C@H]5OC[C@]4(CO[P@@](=O)(S)O[C@H]3[C@H]2O)O[C@H]5n2cnc3c(N)ncnc32)c(=O)[nH]1. The summed E-state index contributed by atoms with van der Waals surface area (Å²) in [5.74, 6) is 0.195. The number of fused-ring (bicyclic) bond motifs is 3. The van der Waals surface area contributed by atoms with Crippen molar-refractivity contribution in [3.05, 3.63) is 35.4 Å². The van der Waals surface area contributed by atoms with Crippen molar-refractivity contribution in [2.75, 3.05) is 31.3 Å². The first kappa shape index (κ1) is 30.7. The third-order valence-corrected chi connectivity index (χ3v) is 11.4. The molecule has 4 aromatic heterocycles. The number of hydrogen-bond donors (Lipinski definition) is 6. The van der Waals surface area contributed by atoms with Crippen LogP contribution in [0.4, 0.5) is 11.6 Å². The molecule has 4 aromatic rings. The van der Waals surface area contributed by atoms with Crippen molar-refractivity contribution in [3.63, 3.8) is 0 Å². The van der Waals surface area contributed by atoms with E-state index in [1.165, 1.54) is 29.6 Å². The molecule has 0 unspecified atom stereocenters. The minimum absolute atomic E-state index is 0.0329. The van der Waals surface area contributed by atoms with E-state index in [0.717, 1.165) is 0 Å². The van der Waals surface area contributed by atoms with E-state index < -0.39 is 80.9 Å². The maximum atomic E-state index is 13.7. The number of aliphatic hydroxyl groups is 1. The van der Waals surface area contributed by atoms with Gasteiger partial charge in [-0.05, 0) is 0 Å². The number of anilines is 2. The van der Waals surface area contributed by atoms with Crippen LogP contribution in [0.3, 0.4) is 0 Å². The fourth-order valence-electron chi connectivity index (χ4n) is 6.13. The van der Waals surface area contributed by atoms with Gasteiger partial charge in [-0.1, -0.05) is 24.5 Å². The summed E-state index contributed by atoms with van der Waals surface area (Å²) in [6.07, 6.45) is -4.40. The van der Waals surface area contributed by atoms with Gasteiger partial charge in [-0.3, -0.25) is 27.5 Å². The van der Waals surface area contributed by atoms with Gasteiger partial charge in [0.15, 0.2) is 29.4 Å². The minimum atomic E-state index is -4.29. The van der Waals surface area contributed by atoms with Crippen molar-refractivity contribution in [3.8, 4) is 0 Å². The number of aliphatic hydroxyl groups excluding tert-OH is 1. The van der Waals surface area contributed by atoms with Gasteiger partial charge in [0.05, 0.1) is 38.0 Å². The molecule has 24 heteroatoms. The minimum Gasteiger partial charge on any atom is -0.386 e. The Labute approximate surface area is 267 Å². The first-order valence-corrected chi connectivity index (χ1v) is 19.0. The van der Waals surface area contributed by atoms with Gasteiger partial charge in [0, 0.05) is 6.07 Å².